The van der Waals surface area contributed by atoms with Crippen molar-refractivity contribution < 1.29 is 0 Å². The number of aryl methyl sites for hydroxylation is 3. The molecule has 7 heteroatoms. The number of thiophene rings is 1. The number of H-pyrrole nitrogens is 1. The molecule has 24 heavy (non-hydrogen) atoms. The van der Waals surface area contributed by atoms with Crippen LogP contribution in [-0.4, -0.2) is 25.8 Å². The molecule has 6 nitrogen and oxygen atoms in total. The SMILES string of the molecule is Cc1cnn(C[C@@H](C)N[C@@H](C)c2nc3sc(C)c(C)c3c(=O)[nH]2)c1. The summed E-state index contributed by atoms with van der Waals surface area (Å²) in [7, 11) is 0. The highest BCUT2D eigenvalue weighted by Gasteiger charge is 2.16. The minimum Gasteiger partial charge on any atom is -0.309 e. The Morgan fingerprint density at radius 3 is 2.75 bits per heavy atom. The zero-order valence-corrected chi connectivity index (χ0v) is 15.5. The van der Waals surface area contributed by atoms with Gasteiger partial charge in [0.05, 0.1) is 24.2 Å². The maximum atomic E-state index is 12.4. The van der Waals surface area contributed by atoms with Crippen molar-refractivity contribution in [3.05, 3.63) is 44.6 Å². The maximum Gasteiger partial charge on any atom is 0.259 e. The molecule has 0 radical (unpaired) electrons. The first-order chi connectivity index (χ1) is 11.3. The van der Waals surface area contributed by atoms with E-state index in [9.17, 15) is 4.79 Å². The fourth-order valence-electron chi connectivity index (χ4n) is 2.88. The molecule has 3 heterocycles. The number of hydrogen-bond donors (Lipinski definition) is 2. The van der Waals surface area contributed by atoms with Gasteiger partial charge in [-0.15, -0.1) is 11.3 Å². The molecule has 0 fully saturated rings. The van der Waals surface area contributed by atoms with E-state index >= 15 is 0 Å². The number of rotatable bonds is 5. The van der Waals surface area contributed by atoms with Crippen LogP contribution in [0.25, 0.3) is 10.2 Å². The van der Waals surface area contributed by atoms with Gasteiger partial charge in [0.15, 0.2) is 0 Å². The van der Waals surface area contributed by atoms with Crippen LogP contribution in [0, 0.1) is 20.8 Å². The molecule has 3 aromatic heterocycles. The summed E-state index contributed by atoms with van der Waals surface area (Å²) >= 11 is 1.58. The molecule has 0 aromatic carbocycles. The number of fused-ring (bicyclic) bond motifs is 1. The van der Waals surface area contributed by atoms with Crippen LogP contribution in [0.2, 0.25) is 0 Å². The quantitative estimate of drug-likeness (QED) is 0.745. The van der Waals surface area contributed by atoms with Gasteiger partial charge in [-0.25, -0.2) is 4.98 Å². The lowest BCUT2D eigenvalue weighted by molar-refractivity contribution is 0.404. The Hall–Kier alpha value is -1.99. The van der Waals surface area contributed by atoms with E-state index in [0.717, 1.165) is 27.4 Å². The summed E-state index contributed by atoms with van der Waals surface area (Å²) in [5.41, 5.74) is 2.12. The van der Waals surface area contributed by atoms with Gasteiger partial charge < -0.3 is 10.3 Å². The fraction of sp³-hybridized carbons (Fsp3) is 0.471. The molecule has 0 aliphatic carbocycles. The van der Waals surface area contributed by atoms with Gasteiger partial charge in [-0.2, -0.15) is 5.10 Å². The lowest BCUT2D eigenvalue weighted by Crippen LogP contribution is -2.34. The average Bonchev–Trinajstić information content (AvgIpc) is 3.02. The highest BCUT2D eigenvalue weighted by atomic mass is 32.1. The molecule has 0 saturated heterocycles. The van der Waals surface area contributed by atoms with Crippen molar-refractivity contribution in [2.75, 3.05) is 0 Å². The zero-order chi connectivity index (χ0) is 17.4. The highest BCUT2D eigenvalue weighted by Crippen LogP contribution is 2.26. The van der Waals surface area contributed by atoms with Crippen molar-refractivity contribution in [3.63, 3.8) is 0 Å². The van der Waals surface area contributed by atoms with E-state index in [1.54, 1.807) is 11.3 Å². The van der Waals surface area contributed by atoms with E-state index in [1.165, 1.54) is 0 Å². The standard InChI is InChI=1S/C17H23N5OS/c1-9-6-18-22(7-9)8-10(2)19-12(4)15-20-16(23)14-11(3)13(5)24-17(14)21-15/h6-7,10,12,19H,8H2,1-5H3,(H,20,21,23)/t10-,12+/m1/s1. The average molecular weight is 345 g/mol. The Kier molecular flexibility index (Phi) is 4.56. The molecular formula is C17H23N5OS. The molecule has 128 valence electrons. The Morgan fingerprint density at radius 1 is 1.33 bits per heavy atom. The van der Waals surface area contributed by atoms with Crippen LogP contribution in [-0.2, 0) is 6.54 Å². The Balaban J connectivity index is 1.78. The Bertz CT molecular complexity index is 923. The number of nitrogens with one attached hydrogen (secondary N) is 2. The molecule has 0 unspecified atom stereocenters. The third kappa shape index (κ3) is 3.27. The Labute approximate surface area is 144 Å². The van der Waals surface area contributed by atoms with E-state index in [4.69, 9.17) is 0 Å². The number of hydrogen-bond acceptors (Lipinski definition) is 5. The third-order valence-electron chi connectivity index (χ3n) is 4.23. The van der Waals surface area contributed by atoms with Gasteiger partial charge in [0.25, 0.3) is 5.56 Å². The molecule has 2 N–H and O–H groups in total. The Morgan fingerprint density at radius 2 is 2.08 bits per heavy atom. The van der Waals surface area contributed by atoms with E-state index < -0.39 is 0 Å². The molecule has 0 spiro atoms. The second-order valence-electron chi connectivity index (χ2n) is 6.44. The summed E-state index contributed by atoms with van der Waals surface area (Å²) in [5.74, 6) is 0.678. The smallest absolute Gasteiger partial charge is 0.259 e. The van der Waals surface area contributed by atoms with Gasteiger partial charge in [0.2, 0.25) is 0 Å². The zero-order valence-electron chi connectivity index (χ0n) is 14.7. The summed E-state index contributed by atoms with van der Waals surface area (Å²) in [6.45, 7) is 10.9. The molecule has 0 amide bonds. The van der Waals surface area contributed by atoms with Crippen LogP contribution in [0.4, 0.5) is 0 Å². The number of aromatic amines is 1. The van der Waals surface area contributed by atoms with Gasteiger partial charge in [-0.3, -0.25) is 9.48 Å². The summed E-state index contributed by atoms with van der Waals surface area (Å²) < 4.78 is 1.92. The lowest BCUT2D eigenvalue weighted by Gasteiger charge is -2.19. The van der Waals surface area contributed by atoms with Crippen LogP contribution < -0.4 is 10.9 Å². The second-order valence-corrected chi connectivity index (χ2v) is 7.65. The van der Waals surface area contributed by atoms with E-state index in [2.05, 4.69) is 27.3 Å². The molecular weight excluding hydrogens is 322 g/mol. The maximum absolute atomic E-state index is 12.4. The van der Waals surface area contributed by atoms with Crippen LogP contribution in [0.15, 0.2) is 17.2 Å². The van der Waals surface area contributed by atoms with Crippen molar-refractivity contribution in [2.24, 2.45) is 0 Å². The molecule has 0 bridgehead atoms. The van der Waals surface area contributed by atoms with Crippen molar-refractivity contribution in [1.82, 2.24) is 25.1 Å². The van der Waals surface area contributed by atoms with E-state index in [0.29, 0.717) is 11.2 Å². The monoisotopic (exact) mass is 345 g/mol. The number of nitrogens with zero attached hydrogens (tertiary/aromatic N) is 3. The van der Waals surface area contributed by atoms with Crippen LogP contribution in [0.3, 0.4) is 0 Å². The first-order valence-electron chi connectivity index (χ1n) is 8.10. The van der Waals surface area contributed by atoms with Crippen molar-refractivity contribution in [3.8, 4) is 0 Å². The largest absolute Gasteiger partial charge is 0.309 e. The van der Waals surface area contributed by atoms with E-state index in [-0.39, 0.29) is 17.6 Å². The topological polar surface area (TPSA) is 75.6 Å². The normalized spacial score (nSPS) is 14.2. The van der Waals surface area contributed by atoms with Crippen LogP contribution >= 0.6 is 11.3 Å². The van der Waals surface area contributed by atoms with Crippen LogP contribution in [0.5, 0.6) is 0 Å². The molecule has 2 atom stereocenters. The van der Waals surface area contributed by atoms with Gasteiger partial charge in [0.1, 0.15) is 10.7 Å². The van der Waals surface area contributed by atoms with Crippen LogP contribution in [0.1, 0.15) is 41.7 Å². The predicted molar refractivity (Wildman–Crippen MR) is 97.7 cm³/mol. The molecule has 0 aliphatic heterocycles. The first-order valence-corrected chi connectivity index (χ1v) is 8.92. The van der Waals surface area contributed by atoms with Crippen molar-refractivity contribution in [1.29, 1.82) is 0 Å². The molecule has 0 aliphatic rings. The van der Waals surface area contributed by atoms with Crippen molar-refractivity contribution in [2.45, 2.75) is 53.2 Å². The molecule has 3 rings (SSSR count). The highest BCUT2D eigenvalue weighted by molar-refractivity contribution is 7.18. The van der Waals surface area contributed by atoms with Gasteiger partial charge in [-0.05, 0) is 45.7 Å². The minimum atomic E-state index is -0.0548. The van der Waals surface area contributed by atoms with Gasteiger partial charge in [-0.1, -0.05) is 0 Å². The van der Waals surface area contributed by atoms with Gasteiger partial charge >= 0.3 is 0 Å². The summed E-state index contributed by atoms with van der Waals surface area (Å²) in [4.78, 5) is 21.9. The first kappa shape index (κ1) is 16.9. The summed E-state index contributed by atoms with van der Waals surface area (Å²) in [6, 6.07) is 0.156. The third-order valence-corrected chi connectivity index (χ3v) is 5.33. The van der Waals surface area contributed by atoms with Crippen molar-refractivity contribution >= 4 is 21.6 Å². The summed E-state index contributed by atoms with van der Waals surface area (Å²) in [6.07, 6.45) is 3.87. The molecule has 3 aromatic rings. The second kappa shape index (κ2) is 6.49. The van der Waals surface area contributed by atoms with Gasteiger partial charge in [0, 0.05) is 17.1 Å². The summed E-state index contributed by atoms with van der Waals surface area (Å²) in [5, 5.41) is 8.50. The lowest BCUT2D eigenvalue weighted by atomic mass is 10.2. The van der Waals surface area contributed by atoms with E-state index in [1.807, 2.05) is 44.8 Å². The molecule has 0 saturated carbocycles. The fourth-order valence-corrected chi connectivity index (χ4v) is 3.92. The minimum absolute atomic E-state index is 0.0449. The predicted octanol–water partition coefficient (Wildman–Crippen LogP) is 2.85. The number of aromatic nitrogens is 4.